The number of hydrogen-bond acceptors (Lipinski definition) is 3. The fourth-order valence-electron chi connectivity index (χ4n) is 5.13. The first-order chi connectivity index (χ1) is 17.1. The molecule has 3 aromatic carbocycles. The Bertz CT molecular complexity index is 1300. The third-order valence-electron chi connectivity index (χ3n) is 7.17. The molecule has 0 spiro atoms. The molecule has 1 saturated carbocycles. The molecule has 0 saturated heterocycles. The zero-order valence-electron chi connectivity index (χ0n) is 19.8. The third-order valence-corrected chi connectivity index (χ3v) is 7.17. The van der Waals surface area contributed by atoms with Crippen LogP contribution in [-0.2, 0) is 4.79 Å². The summed E-state index contributed by atoms with van der Waals surface area (Å²) < 4.78 is 19.7. The monoisotopic (exact) mass is 468 g/mol. The van der Waals surface area contributed by atoms with Crippen LogP contribution >= 0.6 is 0 Å². The number of halogens is 1. The normalized spacial score (nSPS) is 18.7. The minimum atomic E-state index is -0.231. The maximum Gasteiger partial charge on any atom is 0.227 e. The van der Waals surface area contributed by atoms with Gasteiger partial charge in [-0.3, -0.25) is 9.78 Å². The second kappa shape index (κ2) is 10.3. The fraction of sp³-hybridized carbons (Fsp3) is 0.267. The van der Waals surface area contributed by atoms with Crippen LogP contribution in [0.1, 0.15) is 44.1 Å². The van der Waals surface area contributed by atoms with Crippen molar-refractivity contribution >= 4 is 22.5 Å². The number of pyridine rings is 1. The van der Waals surface area contributed by atoms with Crippen molar-refractivity contribution in [3.63, 3.8) is 0 Å². The van der Waals surface area contributed by atoms with Gasteiger partial charge in [0, 0.05) is 23.2 Å². The largest absolute Gasteiger partial charge is 0.457 e. The number of anilines is 1. The summed E-state index contributed by atoms with van der Waals surface area (Å²) in [6.45, 7) is 2.02. The highest BCUT2D eigenvalue weighted by molar-refractivity contribution is 5.92. The molecule has 1 heterocycles. The van der Waals surface area contributed by atoms with E-state index in [4.69, 9.17) is 4.74 Å². The maximum atomic E-state index is 13.9. The van der Waals surface area contributed by atoms with E-state index in [9.17, 15) is 9.18 Å². The minimum Gasteiger partial charge on any atom is -0.457 e. The lowest BCUT2D eigenvalue weighted by molar-refractivity contribution is -0.121. The van der Waals surface area contributed by atoms with Crippen LogP contribution in [0.5, 0.6) is 11.5 Å². The van der Waals surface area contributed by atoms with Crippen LogP contribution in [0.25, 0.3) is 10.9 Å². The van der Waals surface area contributed by atoms with Gasteiger partial charge >= 0.3 is 0 Å². The first-order valence-electron chi connectivity index (χ1n) is 12.2. The first-order valence-corrected chi connectivity index (χ1v) is 12.2. The Hall–Kier alpha value is -3.73. The lowest BCUT2D eigenvalue weighted by Crippen LogP contribution is -2.29. The molecule has 1 atom stereocenters. The van der Waals surface area contributed by atoms with Crippen LogP contribution in [0, 0.1) is 17.7 Å². The summed E-state index contributed by atoms with van der Waals surface area (Å²) in [5.74, 6) is 1.93. The first kappa shape index (κ1) is 23.0. The molecule has 5 heteroatoms. The van der Waals surface area contributed by atoms with Crippen LogP contribution in [-0.4, -0.2) is 10.9 Å². The van der Waals surface area contributed by atoms with Gasteiger partial charge in [-0.15, -0.1) is 0 Å². The second-order valence-corrected chi connectivity index (χ2v) is 9.39. The van der Waals surface area contributed by atoms with E-state index >= 15 is 0 Å². The van der Waals surface area contributed by atoms with E-state index in [2.05, 4.69) is 10.3 Å². The number of aromatic nitrogens is 1. The van der Waals surface area contributed by atoms with Crippen LogP contribution < -0.4 is 10.1 Å². The van der Waals surface area contributed by atoms with Crippen molar-refractivity contribution < 1.29 is 13.9 Å². The smallest absolute Gasteiger partial charge is 0.227 e. The predicted molar refractivity (Wildman–Crippen MR) is 137 cm³/mol. The molecule has 1 N–H and O–H groups in total. The molecular weight excluding hydrogens is 439 g/mol. The van der Waals surface area contributed by atoms with Crippen molar-refractivity contribution in [3.8, 4) is 11.5 Å². The second-order valence-electron chi connectivity index (χ2n) is 9.39. The van der Waals surface area contributed by atoms with Gasteiger partial charge in [0.1, 0.15) is 17.3 Å². The highest BCUT2D eigenvalue weighted by Gasteiger charge is 2.30. The van der Waals surface area contributed by atoms with Crippen LogP contribution in [0.4, 0.5) is 10.1 Å². The molecule has 1 amide bonds. The Labute approximate surface area is 205 Å². The average molecular weight is 469 g/mol. The zero-order chi connectivity index (χ0) is 24.2. The quantitative estimate of drug-likeness (QED) is 0.315. The van der Waals surface area contributed by atoms with Crippen LogP contribution in [0.2, 0.25) is 0 Å². The van der Waals surface area contributed by atoms with Gasteiger partial charge in [-0.05, 0) is 104 Å². The molecule has 1 fully saturated rings. The van der Waals surface area contributed by atoms with Gasteiger partial charge in [-0.2, -0.15) is 0 Å². The van der Waals surface area contributed by atoms with Gasteiger partial charge in [0.15, 0.2) is 0 Å². The highest BCUT2D eigenvalue weighted by Crippen LogP contribution is 2.41. The molecular formula is C30H29FN2O2. The minimum absolute atomic E-state index is 0.0432. The topological polar surface area (TPSA) is 51.2 Å². The molecule has 0 bridgehead atoms. The Balaban J connectivity index is 1.17. The zero-order valence-corrected chi connectivity index (χ0v) is 19.8. The summed E-state index contributed by atoms with van der Waals surface area (Å²) in [6, 6.07) is 23.9. The number of nitrogens with zero attached hydrogens (tertiary/aromatic N) is 1. The maximum absolute atomic E-state index is 13.9. The number of ether oxygens (including phenoxy) is 1. The molecule has 0 unspecified atom stereocenters. The molecule has 0 aliphatic heterocycles. The number of fused-ring (bicyclic) bond motifs is 1. The van der Waals surface area contributed by atoms with E-state index < -0.39 is 0 Å². The summed E-state index contributed by atoms with van der Waals surface area (Å²) in [5, 5.41) is 3.96. The molecule has 5 rings (SSSR count). The standard InChI is InChI=1S/C30H29FN2O2/c1-20(30(34)33-24-12-14-26(15-13-24)35-25-5-3-2-4-6-25)21-7-9-22(10-8-21)27-17-18-32-29-16-11-23(31)19-28(27)29/h2-6,11-22H,7-10H2,1H3,(H,33,34)/t20-,21-,22+/m1/s1. The Morgan fingerprint density at radius 3 is 2.40 bits per heavy atom. The summed E-state index contributed by atoms with van der Waals surface area (Å²) in [6.07, 6.45) is 5.74. The van der Waals surface area contributed by atoms with Gasteiger partial charge in [0.05, 0.1) is 5.52 Å². The van der Waals surface area contributed by atoms with Crippen molar-refractivity contribution in [2.45, 2.75) is 38.5 Å². The van der Waals surface area contributed by atoms with Gasteiger partial charge in [-0.1, -0.05) is 25.1 Å². The number of hydrogen-bond donors (Lipinski definition) is 1. The van der Waals surface area contributed by atoms with E-state index in [1.54, 1.807) is 12.1 Å². The van der Waals surface area contributed by atoms with Crippen LogP contribution in [0.15, 0.2) is 85.1 Å². The number of rotatable bonds is 6. The molecule has 4 nitrogen and oxygen atoms in total. The summed E-state index contributed by atoms with van der Waals surface area (Å²) in [5.41, 5.74) is 2.77. The molecule has 178 valence electrons. The number of benzene rings is 3. The molecule has 1 aromatic heterocycles. The predicted octanol–water partition coefficient (Wildman–Crippen LogP) is 7.71. The van der Waals surface area contributed by atoms with Gasteiger partial charge in [-0.25, -0.2) is 4.39 Å². The van der Waals surface area contributed by atoms with Crippen molar-refractivity contribution in [2.75, 3.05) is 5.32 Å². The lowest BCUT2D eigenvalue weighted by atomic mass is 9.73. The summed E-state index contributed by atoms with van der Waals surface area (Å²) >= 11 is 0. The number of nitrogens with one attached hydrogen (secondary N) is 1. The average Bonchev–Trinajstić information content (AvgIpc) is 2.90. The van der Waals surface area contributed by atoms with E-state index in [0.29, 0.717) is 11.8 Å². The van der Waals surface area contributed by atoms with Crippen molar-refractivity contribution in [2.24, 2.45) is 11.8 Å². The van der Waals surface area contributed by atoms with Crippen molar-refractivity contribution in [3.05, 3.63) is 96.4 Å². The van der Waals surface area contributed by atoms with Crippen molar-refractivity contribution in [1.82, 2.24) is 4.98 Å². The molecule has 35 heavy (non-hydrogen) atoms. The van der Waals surface area contributed by atoms with Gasteiger partial charge < -0.3 is 10.1 Å². The van der Waals surface area contributed by atoms with E-state index in [-0.39, 0.29) is 17.6 Å². The third kappa shape index (κ3) is 5.35. The van der Waals surface area contributed by atoms with E-state index in [1.165, 1.54) is 11.6 Å². The number of carbonyl (C=O) groups is 1. The van der Waals surface area contributed by atoms with Crippen molar-refractivity contribution in [1.29, 1.82) is 0 Å². The Morgan fingerprint density at radius 1 is 0.943 bits per heavy atom. The highest BCUT2D eigenvalue weighted by atomic mass is 19.1. The molecule has 4 aromatic rings. The summed E-state index contributed by atoms with van der Waals surface area (Å²) in [7, 11) is 0. The van der Waals surface area contributed by atoms with E-state index in [0.717, 1.165) is 53.8 Å². The Kier molecular flexibility index (Phi) is 6.75. The number of amides is 1. The molecule has 1 aliphatic rings. The van der Waals surface area contributed by atoms with Crippen LogP contribution in [0.3, 0.4) is 0 Å². The molecule has 1 aliphatic carbocycles. The SMILES string of the molecule is C[C@@H](C(=O)Nc1ccc(Oc2ccccc2)cc1)[C@H]1CC[C@@H](c2ccnc3ccc(F)cc32)CC1. The summed E-state index contributed by atoms with van der Waals surface area (Å²) in [4.78, 5) is 17.3. The fourth-order valence-corrected chi connectivity index (χ4v) is 5.13. The lowest BCUT2D eigenvalue weighted by Gasteiger charge is -2.32. The van der Waals surface area contributed by atoms with Gasteiger partial charge in [0.25, 0.3) is 0 Å². The Morgan fingerprint density at radius 2 is 1.66 bits per heavy atom. The number of carbonyl (C=O) groups excluding carboxylic acids is 1. The van der Waals surface area contributed by atoms with Gasteiger partial charge in [0.2, 0.25) is 5.91 Å². The van der Waals surface area contributed by atoms with E-state index in [1.807, 2.05) is 73.8 Å². The number of para-hydroxylation sites is 1. The molecule has 0 radical (unpaired) electrons.